The summed E-state index contributed by atoms with van der Waals surface area (Å²) in [6, 6.07) is 2.70. The van der Waals surface area contributed by atoms with Crippen LogP contribution in [0.5, 0.6) is 5.75 Å². The van der Waals surface area contributed by atoms with Crippen LogP contribution in [0.1, 0.15) is 17.3 Å². The first-order chi connectivity index (χ1) is 8.99. The van der Waals surface area contributed by atoms with Crippen molar-refractivity contribution >= 4 is 23.5 Å². The van der Waals surface area contributed by atoms with Gasteiger partial charge < -0.3 is 15.2 Å². The molecule has 0 saturated carbocycles. The Hall–Kier alpha value is -1.82. The van der Waals surface area contributed by atoms with Crippen molar-refractivity contribution in [3.63, 3.8) is 0 Å². The number of carbonyl (C=O) groups excluding carboxylic acids is 1. The molecule has 104 valence electrons. The molecule has 1 rings (SSSR count). The quantitative estimate of drug-likeness (QED) is 0.838. The largest absolute Gasteiger partial charge is 0.493 e. The summed E-state index contributed by atoms with van der Waals surface area (Å²) in [6.07, 6.45) is 0. The zero-order valence-corrected chi connectivity index (χ0v) is 10.9. The van der Waals surface area contributed by atoms with Gasteiger partial charge in [0.25, 0.3) is 5.91 Å². The fourth-order valence-electron chi connectivity index (χ4n) is 1.36. The molecule has 1 aromatic rings. The molecular formula is C12H13ClFNO4. The minimum Gasteiger partial charge on any atom is -0.493 e. The van der Waals surface area contributed by atoms with Gasteiger partial charge in [-0.25, -0.2) is 9.18 Å². The molecule has 1 aromatic carbocycles. The van der Waals surface area contributed by atoms with E-state index in [4.69, 9.17) is 21.4 Å². The van der Waals surface area contributed by atoms with E-state index in [1.165, 1.54) is 18.2 Å². The molecule has 0 radical (unpaired) electrons. The Labute approximate surface area is 114 Å². The average Bonchev–Trinajstić information content (AvgIpc) is 2.35. The Bertz CT molecular complexity index is 481. The molecule has 0 aliphatic heterocycles. The van der Waals surface area contributed by atoms with Gasteiger partial charge in [-0.3, -0.25) is 4.79 Å². The molecule has 19 heavy (non-hydrogen) atoms. The molecule has 0 heterocycles. The summed E-state index contributed by atoms with van der Waals surface area (Å²) in [6.45, 7) is 0.842. The van der Waals surface area contributed by atoms with Gasteiger partial charge in [-0.2, -0.15) is 0 Å². The molecule has 7 heteroatoms. The first-order valence-electron chi connectivity index (χ1n) is 5.51. The second kappa shape index (κ2) is 6.94. The number of benzene rings is 1. The monoisotopic (exact) mass is 289 g/mol. The van der Waals surface area contributed by atoms with E-state index in [2.05, 4.69) is 5.32 Å². The van der Waals surface area contributed by atoms with Crippen LogP contribution < -0.4 is 10.1 Å². The third-order valence-corrected chi connectivity index (χ3v) is 2.48. The summed E-state index contributed by atoms with van der Waals surface area (Å²) < 4.78 is 17.7. The molecule has 0 spiro atoms. The van der Waals surface area contributed by atoms with Crippen LogP contribution in [0.4, 0.5) is 4.39 Å². The summed E-state index contributed by atoms with van der Waals surface area (Å²) in [7, 11) is 0. The van der Waals surface area contributed by atoms with Gasteiger partial charge in [0.05, 0.1) is 12.2 Å². The highest BCUT2D eigenvalue weighted by Gasteiger charge is 2.22. The van der Waals surface area contributed by atoms with E-state index < -0.39 is 24.6 Å². The molecular weight excluding hydrogens is 277 g/mol. The van der Waals surface area contributed by atoms with Crippen LogP contribution in [0.15, 0.2) is 18.2 Å². The molecule has 2 N–H and O–H groups in total. The lowest BCUT2D eigenvalue weighted by Crippen LogP contribution is -2.42. The van der Waals surface area contributed by atoms with Gasteiger partial charge in [0.1, 0.15) is 12.4 Å². The van der Waals surface area contributed by atoms with Crippen LogP contribution in [0, 0.1) is 0 Å². The predicted octanol–water partition coefficient (Wildman–Crippen LogP) is 1.89. The highest BCUT2D eigenvalue weighted by atomic mass is 35.5. The third kappa shape index (κ3) is 4.10. The molecule has 0 aliphatic rings. The minimum atomic E-state index is -1.59. The van der Waals surface area contributed by atoms with Crippen molar-refractivity contribution in [2.75, 3.05) is 13.3 Å². The van der Waals surface area contributed by atoms with Crippen molar-refractivity contribution in [2.24, 2.45) is 0 Å². The SMILES string of the molecule is CCOc1cc(Cl)ccc1C(=O)NC(CF)C(=O)O. The molecule has 0 fully saturated rings. The molecule has 5 nitrogen and oxygen atoms in total. The van der Waals surface area contributed by atoms with Gasteiger partial charge >= 0.3 is 5.97 Å². The van der Waals surface area contributed by atoms with E-state index in [0.29, 0.717) is 11.6 Å². The average molecular weight is 290 g/mol. The topological polar surface area (TPSA) is 75.6 Å². The second-order valence-electron chi connectivity index (χ2n) is 3.59. The number of nitrogens with one attached hydrogen (secondary N) is 1. The lowest BCUT2D eigenvalue weighted by molar-refractivity contribution is -0.139. The van der Waals surface area contributed by atoms with E-state index in [1.807, 2.05) is 0 Å². The lowest BCUT2D eigenvalue weighted by Gasteiger charge is -2.13. The van der Waals surface area contributed by atoms with Crippen molar-refractivity contribution in [2.45, 2.75) is 13.0 Å². The molecule has 1 unspecified atom stereocenters. The summed E-state index contributed by atoms with van der Waals surface area (Å²) in [5, 5.41) is 11.1. The highest BCUT2D eigenvalue weighted by Crippen LogP contribution is 2.23. The number of ether oxygens (including phenoxy) is 1. The molecule has 0 aromatic heterocycles. The van der Waals surface area contributed by atoms with Gasteiger partial charge in [-0.15, -0.1) is 0 Å². The number of carboxylic acids is 1. The van der Waals surface area contributed by atoms with E-state index >= 15 is 0 Å². The Morgan fingerprint density at radius 2 is 2.21 bits per heavy atom. The fourth-order valence-corrected chi connectivity index (χ4v) is 1.52. The fraction of sp³-hybridized carbons (Fsp3) is 0.333. The van der Waals surface area contributed by atoms with Crippen molar-refractivity contribution in [3.8, 4) is 5.75 Å². The number of hydrogen-bond acceptors (Lipinski definition) is 3. The Kier molecular flexibility index (Phi) is 5.57. The van der Waals surface area contributed by atoms with Crippen LogP contribution in [0.3, 0.4) is 0 Å². The van der Waals surface area contributed by atoms with Gasteiger partial charge in [0.15, 0.2) is 6.04 Å². The van der Waals surface area contributed by atoms with Gasteiger partial charge in [-0.05, 0) is 25.1 Å². The lowest BCUT2D eigenvalue weighted by atomic mass is 10.1. The molecule has 1 amide bonds. The maximum absolute atomic E-state index is 12.4. The van der Waals surface area contributed by atoms with Crippen molar-refractivity contribution in [1.82, 2.24) is 5.32 Å². The number of amides is 1. The number of carboxylic acid groups (broad SMARTS) is 1. The van der Waals surface area contributed by atoms with E-state index in [1.54, 1.807) is 6.92 Å². The first kappa shape index (κ1) is 15.2. The number of halogens is 2. The second-order valence-corrected chi connectivity index (χ2v) is 4.03. The number of rotatable bonds is 6. The Morgan fingerprint density at radius 3 is 2.74 bits per heavy atom. The summed E-state index contributed by atoms with van der Waals surface area (Å²) in [4.78, 5) is 22.5. The van der Waals surface area contributed by atoms with E-state index in [0.717, 1.165) is 0 Å². The Balaban J connectivity index is 2.95. The maximum atomic E-state index is 12.4. The van der Waals surface area contributed by atoms with Crippen LogP contribution in [-0.4, -0.2) is 36.3 Å². The number of hydrogen-bond donors (Lipinski definition) is 2. The van der Waals surface area contributed by atoms with Crippen molar-refractivity contribution in [3.05, 3.63) is 28.8 Å². The van der Waals surface area contributed by atoms with Crippen LogP contribution in [-0.2, 0) is 4.79 Å². The van der Waals surface area contributed by atoms with Crippen LogP contribution in [0.25, 0.3) is 0 Å². The van der Waals surface area contributed by atoms with Gasteiger partial charge in [0.2, 0.25) is 0 Å². The van der Waals surface area contributed by atoms with Gasteiger partial charge in [-0.1, -0.05) is 11.6 Å². The molecule has 0 bridgehead atoms. The Morgan fingerprint density at radius 1 is 1.53 bits per heavy atom. The summed E-state index contributed by atoms with van der Waals surface area (Å²) >= 11 is 5.77. The normalized spacial score (nSPS) is 11.7. The first-order valence-corrected chi connectivity index (χ1v) is 5.89. The number of alkyl halides is 1. The molecule has 1 atom stereocenters. The number of aliphatic carboxylic acids is 1. The van der Waals surface area contributed by atoms with E-state index in [-0.39, 0.29) is 11.3 Å². The summed E-state index contributed by atoms with van der Waals surface area (Å²) in [5.74, 6) is -1.96. The highest BCUT2D eigenvalue weighted by molar-refractivity contribution is 6.30. The standard InChI is InChI=1S/C12H13ClFNO4/c1-2-19-10-5-7(13)3-4-8(10)11(16)15-9(6-14)12(17)18/h3-5,9H,2,6H2,1H3,(H,15,16)(H,17,18). The number of carbonyl (C=O) groups is 2. The molecule has 0 saturated heterocycles. The minimum absolute atomic E-state index is 0.103. The maximum Gasteiger partial charge on any atom is 0.328 e. The van der Waals surface area contributed by atoms with Crippen molar-refractivity contribution < 1.29 is 23.8 Å². The smallest absolute Gasteiger partial charge is 0.328 e. The summed E-state index contributed by atoms with van der Waals surface area (Å²) in [5.41, 5.74) is 0.103. The molecule has 0 aliphatic carbocycles. The van der Waals surface area contributed by atoms with Gasteiger partial charge in [0, 0.05) is 5.02 Å². The third-order valence-electron chi connectivity index (χ3n) is 2.25. The zero-order valence-electron chi connectivity index (χ0n) is 10.2. The van der Waals surface area contributed by atoms with E-state index in [9.17, 15) is 14.0 Å². The van der Waals surface area contributed by atoms with Crippen LogP contribution >= 0.6 is 11.6 Å². The van der Waals surface area contributed by atoms with Crippen molar-refractivity contribution in [1.29, 1.82) is 0 Å². The zero-order chi connectivity index (χ0) is 14.4. The predicted molar refractivity (Wildman–Crippen MR) is 67.5 cm³/mol. The van der Waals surface area contributed by atoms with Crippen LogP contribution in [0.2, 0.25) is 5.02 Å².